The third-order valence-electron chi connectivity index (χ3n) is 3.41. The third-order valence-corrected chi connectivity index (χ3v) is 3.41. The molecule has 1 unspecified atom stereocenters. The highest BCUT2D eigenvalue weighted by Gasteiger charge is 2.24. The van der Waals surface area contributed by atoms with Gasteiger partial charge in [0.2, 0.25) is 0 Å². The van der Waals surface area contributed by atoms with E-state index in [9.17, 15) is 0 Å². The molecule has 0 aliphatic carbocycles. The van der Waals surface area contributed by atoms with Gasteiger partial charge in [0.25, 0.3) is 0 Å². The third kappa shape index (κ3) is 3.74. The Hall–Kier alpha value is -1.02. The van der Waals surface area contributed by atoms with Crippen LogP contribution >= 0.6 is 0 Å². The molecule has 0 fully saturated rings. The fraction of sp³-hybridized carbons (Fsp3) is 0.600. The molecule has 0 aliphatic rings. The Kier molecular flexibility index (Phi) is 4.58. The summed E-state index contributed by atoms with van der Waals surface area (Å²) < 4.78 is 5.42. The van der Waals surface area contributed by atoms with Gasteiger partial charge in [-0.05, 0) is 42.9 Å². The lowest BCUT2D eigenvalue weighted by Gasteiger charge is -2.30. The molecule has 1 aromatic carbocycles. The molecule has 96 valence electrons. The molecule has 0 bridgehead atoms. The van der Waals surface area contributed by atoms with Crippen LogP contribution in [0.3, 0.4) is 0 Å². The van der Waals surface area contributed by atoms with Gasteiger partial charge in [-0.25, -0.2) is 0 Å². The minimum absolute atomic E-state index is 0.226. The maximum atomic E-state index is 5.90. The number of rotatable bonds is 4. The Morgan fingerprint density at radius 1 is 1.29 bits per heavy atom. The van der Waals surface area contributed by atoms with Gasteiger partial charge in [-0.3, -0.25) is 0 Å². The zero-order valence-corrected chi connectivity index (χ0v) is 11.7. The van der Waals surface area contributed by atoms with Crippen LogP contribution in [0.5, 0.6) is 5.75 Å². The summed E-state index contributed by atoms with van der Waals surface area (Å²) in [5, 5.41) is 0. The number of aryl methyl sites for hydroxylation is 1. The van der Waals surface area contributed by atoms with E-state index in [1.807, 2.05) is 6.07 Å². The van der Waals surface area contributed by atoms with E-state index in [0.717, 1.165) is 12.2 Å². The molecule has 1 rings (SSSR count). The number of hydrogen-bond donors (Lipinski definition) is 1. The van der Waals surface area contributed by atoms with Gasteiger partial charge in [0.1, 0.15) is 5.75 Å². The lowest BCUT2D eigenvalue weighted by Crippen LogP contribution is -2.30. The van der Waals surface area contributed by atoms with Gasteiger partial charge in [0.15, 0.2) is 0 Å². The van der Waals surface area contributed by atoms with Crippen LogP contribution in [0, 0.1) is 18.3 Å². The highest BCUT2D eigenvalue weighted by Crippen LogP contribution is 2.31. The lowest BCUT2D eigenvalue weighted by molar-refractivity contribution is 0.243. The highest BCUT2D eigenvalue weighted by atomic mass is 16.5. The van der Waals surface area contributed by atoms with Crippen molar-refractivity contribution in [1.29, 1.82) is 0 Å². The Balaban J connectivity index is 2.96. The maximum Gasteiger partial charge on any atom is 0.122 e. The molecule has 0 saturated carbocycles. The van der Waals surface area contributed by atoms with Crippen LogP contribution in [-0.4, -0.2) is 13.7 Å². The van der Waals surface area contributed by atoms with Crippen molar-refractivity contribution >= 4 is 0 Å². The molecule has 2 nitrogen and oxygen atoms in total. The van der Waals surface area contributed by atoms with E-state index < -0.39 is 0 Å². The topological polar surface area (TPSA) is 35.2 Å². The van der Waals surface area contributed by atoms with Gasteiger partial charge < -0.3 is 10.5 Å². The van der Waals surface area contributed by atoms with Crippen molar-refractivity contribution in [2.45, 2.75) is 34.1 Å². The van der Waals surface area contributed by atoms with Crippen molar-refractivity contribution < 1.29 is 4.74 Å². The first-order valence-electron chi connectivity index (χ1n) is 6.22. The number of ether oxygens (including phenoxy) is 1. The lowest BCUT2D eigenvalue weighted by atomic mass is 9.77. The molecule has 0 radical (unpaired) electrons. The van der Waals surface area contributed by atoms with Crippen molar-refractivity contribution in [1.82, 2.24) is 0 Å². The van der Waals surface area contributed by atoms with E-state index in [0.29, 0.717) is 12.5 Å². The maximum absolute atomic E-state index is 5.90. The van der Waals surface area contributed by atoms with Gasteiger partial charge in [0, 0.05) is 0 Å². The van der Waals surface area contributed by atoms with Crippen LogP contribution in [0.4, 0.5) is 0 Å². The molecular formula is C15H25NO. The molecular weight excluding hydrogens is 210 g/mol. The highest BCUT2D eigenvalue weighted by molar-refractivity contribution is 5.37. The average Bonchev–Trinajstić information content (AvgIpc) is 2.24. The van der Waals surface area contributed by atoms with Crippen LogP contribution in [-0.2, 0) is 6.42 Å². The molecule has 2 heteroatoms. The predicted molar refractivity (Wildman–Crippen MR) is 73.4 cm³/mol. The van der Waals surface area contributed by atoms with E-state index in [1.165, 1.54) is 11.1 Å². The van der Waals surface area contributed by atoms with Crippen LogP contribution in [0.2, 0.25) is 0 Å². The van der Waals surface area contributed by atoms with Crippen LogP contribution in [0.25, 0.3) is 0 Å². The summed E-state index contributed by atoms with van der Waals surface area (Å²) in [5.74, 6) is 1.44. The number of methoxy groups -OCH3 is 1. The van der Waals surface area contributed by atoms with Gasteiger partial charge in [-0.15, -0.1) is 0 Å². The standard InChI is InChI=1S/C15H25NO/c1-11-6-7-14(17-5)12(8-11)9-13(10-16)15(2,3)4/h6-8,13H,9-10,16H2,1-5H3. The van der Waals surface area contributed by atoms with Crippen LogP contribution in [0.1, 0.15) is 31.9 Å². The Bertz CT molecular complexity index is 366. The van der Waals surface area contributed by atoms with Gasteiger partial charge in [0.05, 0.1) is 7.11 Å². The van der Waals surface area contributed by atoms with Crippen molar-refractivity contribution in [3.05, 3.63) is 29.3 Å². The first-order chi connectivity index (χ1) is 7.88. The van der Waals surface area contributed by atoms with Gasteiger partial charge in [-0.1, -0.05) is 38.5 Å². The van der Waals surface area contributed by atoms with E-state index >= 15 is 0 Å². The molecule has 0 amide bonds. The molecule has 1 aromatic rings. The molecule has 2 N–H and O–H groups in total. The zero-order valence-electron chi connectivity index (χ0n) is 11.7. The zero-order chi connectivity index (χ0) is 13.1. The summed E-state index contributed by atoms with van der Waals surface area (Å²) in [7, 11) is 1.72. The Morgan fingerprint density at radius 3 is 2.41 bits per heavy atom. The minimum Gasteiger partial charge on any atom is -0.496 e. The Labute approximate surface area is 105 Å². The number of hydrogen-bond acceptors (Lipinski definition) is 2. The molecule has 0 aromatic heterocycles. The molecule has 0 aliphatic heterocycles. The first-order valence-corrected chi connectivity index (χ1v) is 6.22. The molecule has 0 saturated heterocycles. The summed E-state index contributed by atoms with van der Waals surface area (Å²) in [4.78, 5) is 0. The van der Waals surface area contributed by atoms with E-state index in [1.54, 1.807) is 7.11 Å². The van der Waals surface area contributed by atoms with Gasteiger partial charge in [-0.2, -0.15) is 0 Å². The summed E-state index contributed by atoms with van der Waals surface area (Å²) in [5.41, 5.74) is 8.65. The van der Waals surface area contributed by atoms with Crippen LogP contribution < -0.4 is 10.5 Å². The summed E-state index contributed by atoms with van der Waals surface area (Å²) >= 11 is 0. The second kappa shape index (κ2) is 5.54. The number of benzene rings is 1. The van der Waals surface area contributed by atoms with E-state index in [2.05, 4.69) is 39.8 Å². The SMILES string of the molecule is COc1ccc(C)cc1CC(CN)C(C)(C)C. The molecule has 0 spiro atoms. The van der Waals surface area contributed by atoms with Crippen molar-refractivity contribution in [2.24, 2.45) is 17.1 Å². The number of nitrogens with two attached hydrogens (primary N) is 1. The summed E-state index contributed by atoms with van der Waals surface area (Å²) in [6.45, 7) is 9.55. The quantitative estimate of drug-likeness (QED) is 0.870. The predicted octanol–water partition coefficient (Wildman–Crippen LogP) is 3.17. The fourth-order valence-corrected chi connectivity index (χ4v) is 2.08. The average molecular weight is 235 g/mol. The Morgan fingerprint density at radius 2 is 1.94 bits per heavy atom. The van der Waals surface area contributed by atoms with Crippen molar-refractivity contribution in [3.63, 3.8) is 0 Å². The fourth-order valence-electron chi connectivity index (χ4n) is 2.08. The molecule has 1 atom stereocenters. The second-order valence-electron chi connectivity index (χ2n) is 5.82. The minimum atomic E-state index is 0.226. The smallest absolute Gasteiger partial charge is 0.122 e. The largest absolute Gasteiger partial charge is 0.496 e. The molecule has 17 heavy (non-hydrogen) atoms. The monoisotopic (exact) mass is 235 g/mol. The van der Waals surface area contributed by atoms with Crippen LogP contribution in [0.15, 0.2) is 18.2 Å². The summed E-state index contributed by atoms with van der Waals surface area (Å²) in [6, 6.07) is 6.32. The van der Waals surface area contributed by atoms with Crippen molar-refractivity contribution in [3.8, 4) is 5.75 Å². The summed E-state index contributed by atoms with van der Waals surface area (Å²) in [6.07, 6.45) is 0.977. The van der Waals surface area contributed by atoms with Crippen molar-refractivity contribution in [2.75, 3.05) is 13.7 Å². The molecule has 0 heterocycles. The second-order valence-corrected chi connectivity index (χ2v) is 5.82. The first kappa shape index (κ1) is 14.0. The normalized spacial score (nSPS) is 13.5. The van der Waals surface area contributed by atoms with E-state index in [4.69, 9.17) is 10.5 Å². The van der Waals surface area contributed by atoms with Gasteiger partial charge >= 0.3 is 0 Å². The van der Waals surface area contributed by atoms with E-state index in [-0.39, 0.29) is 5.41 Å².